The first kappa shape index (κ1) is 7.76. The first-order chi connectivity index (χ1) is 5.70. The van der Waals surface area contributed by atoms with Gasteiger partial charge in [0.05, 0.1) is 22.4 Å². The predicted molar refractivity (Wildman–Crippen MR) is 51.6 cm³/mol. The molecule has 0 bridgehead atoms. The van der Waals surface area contributed by atoms with Gasteiger partial charge < -0.3 is 5.73 Å². The van der Waals surface area contributed by atoms with E-state index in [1.807, 2.05) is 13.0 Å². The summed E-state index contributed by atoms with van der Waals surface area (Å²) in [4.78, 5) is 0. The van der Waals surface area contributed by atoms with Gasteiger partial charge in [0.2, 0.25) is 0 Å². The Hall–Kier alpha value is -0.870. The van der Waals surface area contributed by atoms with Crippen LogP contribution in [0.25, 0.3) is 11.0 Å². The molecule has 12 heavy (non-hydrogen) atoms. The van der Waals surface area contributed by atoms with E-state index in [-0.39, 0.29) is 0 Å². The number of anilines is 1. The summed E-state index contributed by atoms with van der Waals surface area (Å²) >= 11 is 7.11. The standard InChI is InChI=1S/C7H6ClN3S/c1-3-2-4(9)6-7(5(3)8)11-12-10-6/h2H,9H2,1H3. The third kappa shape index (κ3) is 0.956. The van der Waals surface area contributed by atoms with Gasteiger partial charge in [-0.3, -0.25) is 0 Å². The molecule has 0 unspecified atom stereocenters. The molecular formula is C7H6ClN3S. The van der Waals surface area contributed by atoms with Crippen LogP contribution in [0.1, 0.15) is 5.56 Å². The van der Waals surface area contributed by atoms with Crippen LogP contribution in [0.5, 0.6) is 0 Å². The lowest BCUT2D eigenvalue weighted by Gasteiger charge is -1.99. The van der Waals surface area contributed by atoms with E-state index in [0.717, 1.165) is 17.3 Å². The van der Waals surface area contributed by atoms with Gasteiger partial charge in [-0.1, -0.05) is 11.6 Å². The van der Waals surface area contributed by atoms with Crippen molar-refractivity contribution in [3.8, 4) is 0 Å². The molecule has 0 spiro atoms. The van der Waals surface area contributed by atoms with E-state index >= 15 is 0 Å². The van der Waals surface area contributed by atoms with Crippen LogP contribution < -0.4 is 5.73 Å². The minimum Gasteiger partial charge on any atom is -0.397 e. The molecule has 1 heterocycles. The number of nitrogen functional groups attached to an aromatic ring is 1. The molecule has 0 aliphatic rings. The number of nitrogens with two attached hydrogens (primary N) is 1. The highest BCUT2D eigenvalue weighted by atomic mass is 35.5. The van der Waals surface area contributed by atoms with E-state index in [4.69, 9.17) is 17.3 Å². The van der Waals surface area contributed by atoms with Crippen LogP contribution >= 0.6 is 23.3 Å². The number of aromatic nitrogens is 2. The minimum atomic E-state index is 0.639. The second kappa shape index (κ2) is 2.57. The van der Waals surface area contributed by atoms with Crippen molar-refractivity contribution in [3.05, 3.63) is 16.7 Å². The van der Waals surface area contributed by atoms with Crippen LogP contribution in [0.4, 0.5) is 5.69 Å². The van der Waals surface area contributed by atoms with Crippen molar-refractivity contribution in [3.63, 3.8) is 0 Å². The van der Waals surface area contributed by atoms with E-state index in [9.17, 15) is 0 Å². The van der Waals surface area contributed by atoms with Crippen molar-refractivity contribution in [2.24, 2.45) is 0 Å². The summed E-state index contributed by atoms with van der Waals surface area (Å²) in [6.07, 6.45) is 0. The van der Waals surface area contributed by atoms with Crippen LogP contribution in [0.3, 0.4) is 0 Å². The minimum absolute atomic E-state index is 0.639. The zero-order chi connectivity index (χ0) is 8.72. The molecule has 1 aromatic heterocycles. The van der Waals surface area contributed by atoms with Gasteiger partial charge in [-0.2, -0.15) is 8.75 Å². The highest BCUT2D eigenvalue weighted by molar-refractivity contribution is 7.00. The molecule has 3 nitrogen and oxygen atoms in total. The Labute approximate surface area is 78.5 Å². The molecule has 0 aliphatic heterocycles. The van der Waals surface area contributed by atoms with Crippen LogP contribution in [-0.2, 0) is 0 Å². The molecule has 0 aliphatic carbocycles. The smallest absolute Gasteiger partial charge is 0.129 e. The Bertz CT molecular complexity index is 437. The van der Waals surface area contributed by atoms with Crippen molar-refractivity contribution < 1.29 is 0 Å². The molecule has 2 aromatic rings. The molecule has 0 saturated carbocycles. The number of halogens is 1. The third-order valence-electron chi connectivity index (χ3n) is 1.69. The lowest BCUT2D eigenvalue weighted by Crippen LogP contribution is -1.89. The molecular weight excluding hydrogens is 194 g/mol. The van der Waals surface area contributed by atoms with Crippen molar-refractivity contribution >= 4 is 40.0 Å². The Morgan fingerprint density at radius 2 is 2.08 bits per heavy atom. The van der Waals surface area contributed by atoms with E-state index in [1.165, 1.54) is 0 Å². The predicted octanol–water partition coefficient (Wildman–Crippen LogP) is 2.24. The average Bonchev–Trinajstić information content (AvgIpc) is 2.48. The summed E-state index contributed by atoms with van der Waals surface area (Å²) < 4.78 is 8.10. The van der Waals surface area contributed by atoms with E-state index in [2.05, 4.69) is 8.75 Å². The molecule has 2 N–H and O–H groups in total. The molecule has 0 fully saturated rings. The maximum Gasteiger partial charge on any atom is 0.129 e. The zero-order valence-electron chi connectivity index (χ0n) is 6.34. The third-order valence-corrected chi connectivity index (χ3v) is 2.69. The van der Waals surface area contributed by atoms with Gasteiger partial charge in [-0.25, -0.2) is 0 Å². The lowest BCUT2D eigenvalue weighted by molar-refractivity contribution is 1.48. The monoisotopic (exact) mass is 199 g/mol. The van der Waals surface area contributed by atoms with Crippen molar-refractivity contribution in [1.82, 2.24) is 8.75 Å². The quantitative estimate of drug-likeness (QED) is 0.662. The Morgan fingerprint density at radius 1 is 1.42 bits per heavy atom. The molecule has 62 valence electrons. The second-order valence-corrected chi connectivity index (χ2v) is 3.46. The van der Waals surface area contributed by atoms with Gasteiger partial charge in [-0.15, -0.1) is 0 Å². The van der Waals surface area contributed by atoms with Crippen LogP contribution in [0.2, 0.25) is 5.02 Å². The summed E-state index contributed by atoms with van der Waals surface area (Å²) in [7, 11) is 0. The normalized spacial score (nSPS) is 10.8. The van der Waals surface area contributed by atoms with Gasteiger partial charge in [0.25, 0.3) is 0 Å². The molecule has 0 amide bonds. The first-order valence-electron chi connectivity index (χ1n) is 3.37. The maximum absolute atomic E-state index is 5.99. The summed E-state index contributed by atoms with van der Waals surface area (Å²) in [5.41, 5.74) is 8.71. The highest BCUT2D eigenvalue weighted by Gasteiger charge is 2.09. The summed E-state index contributed by atoms with van der Waals surface area (Å²) in [5, 5.41) is 0.646. The van der Waals surface area contributed by atoms with Gasteiger partial charge in [-0.05, 0) is 18.6 Å². The number of aryl methyl sites for hydroxylation is 1. The number of fused-ring (bicyclic) bond motifs is 1. The number of nitrogens with zero attached hydrogens (tertiary/aromatic N) is 2. The van der Waals surface area contributed by atoms with Crippen molar-refractivity contribution in [2.45, 2.75) is 6.92 Å². The van der Waals surface area contributed by atoms with Crippen LogP contribution in [0, 0.1) is 6.92 Å². The number of hydrogen-bond acceptors (Lipinski definition) is 4. The van der Waals surface area contributed by atoms with Crippen molar-refractivity contribution in [2.75, 3.05) is 5.73 Å². The summed E-state index contributed by atoms with van der Waals surface area (Å²) in [5.74, 6) is 0. The SMILES string of the molecule is Cc1cc(N)c2nsnc2c1Cl. The Kier molecular flexibility index (Phi) is 1.66. The fourth-order valence-electron chi connectivity index (χ4n) is 1.07. The average molecular weight is 200 g/mol. The molecule has 0 saturated heterocycles. The van der Waals surface area contributed by atoms with Gasteiger partial charge in [0.1, 0.15) is 11.0 Å². The second-order valence-electron chi connectivity index (χ2n) is 2.56. The van der Waals surface area contributed by atoms with Gasteiger partial charge >= 0.3 is 0 Å². The summed E-state index contributed by atoms with van der Waals surface area (Å²) in [6.45, 7) is 1.90. The van der Waals surface area contributed by atoms with E-state index < -0.39 is 0 Å². The fraction of sp³-hybridized carbons (Fsp3) is 0.143. The molecule has 5 heteroatoms. The Balaban J connectivity index is 2.97. The highest BCUT2D eigenvalue weighted by Crippen LogP contribution is 2.29. The van der Waals surface area contributed by atoms with E-state index in [0.29, 0.717) is 21.7 Å². The van der Waals surface area contributed by atoms with Gasteiger partial charge in [0, 0.05) is 0 Å². The first-order valence-corrected chi connectivity index (χ1v) is 4.48. The van der Waals surface area contributed by atoms with Gasteiger partial charge in [0.15, 0.2) is 0 Å². The Morgan fingerprint density at radius 3 is 2.83 bits per heavy atom. The summed E-state index contributed by atoms with van der Waals surface area (Å²) in [6, 6.07) is 1.81. The number of rotatable bonds is 0. The fourth-order valence-corrected chi connectivity index (χ4v) is 1.88. The van der Waals surface area contributed by atoms with Crippen molar-refractivity contribution in [1.29, 1.82) is 0 Å². The molecule has 1 aromatic carbocycles. The van der Waals surface area contributed by atoms with Crippen LogP contribution in [-0.4, -0.2) is 8.75 Å². The number of hydrogen-bond donors (Lipinski definition) is 1. The zero-order valence-corrected chi connectivity index (χ0v) is 7.91. The van der Waals surface area contributed by atoms with E-state index in [1.54, 1.807) is 0 Å². The lowest BCUT2D eigenvalue weighted by atomic mass is 10.2. The molecule has 0 atom stereocenters. The maximum atomic E-state index is 5.99. The molecule has 0 radical (unpaired) electrons. The topological polar surface area (TPSA) is 51.8 Å². The molecule has 2 rings (SSSR count). The largest absolute Gasteiger partial charge is 0.397 e. The number of benzene rings is 1. The van der Waals surface area contributed by atoms with Crippen LogP contribution in [0.15, 0.2) is 6.07 Å².